The number of aliphatic hydroxyl groups excluding tert-OH is 3. The molecule has 0 aromatic carbocycles. The highest BCUT2D eigenvalue weighted by molar-refractivity contribution is 4.85. The maximum Gasteiger partial charge on any atom is 0.186 e. The lowest BCUT2D eigenvalue weighted by Gasteiger charge is -2.13. The second-order valence-corrected chi connectivity index (χ2v) is 2.66. The summed E-state index contributed by atoms with van der Waals surface area (Å²) in [4.78, 5) is 0. The molecule has 5 nitrogen and oxygen atoms in total. The first kappa shape index (κ1) is 9.88. The first-order valence-electron chi connectivity index (χ1n) is 3.94. The lowest BCUT2D eigenvalue weighted by molar-refractivity contribution is -0.166. The highest BCUT2D eigenvalue weighted by Gasteiger charge is 2.42. The van der Waals surface area contributed by atoms with E-state index in [2.05, 4.69) is 0 Å². The van der Waals surface area contributed by atoms with Crippen molar-refractivity contribution in [3.8, 4) is 0 Å². The molecule has 0 aliphatic carbocycles. The highest BCUT2D eigenvalue weighted by Crippen LogP contribution is 2.21. The Bertz CT molecular complexity index is 140. The summed E-state index contributed by atoms with van der Waals surface area (Å²) in [6, 6.07) is 0. The zero-order valence-electron chi connectivity index (χ0n) is 6.88. The van der Waals surface area contributed by atoms with E-state index in [4.69, 9.17) is 14.6 Å². The molecule has 3 N–H and O–H groups in total. The van der Waals surface area contributed by atoms with E-state index in [9.17, 15) is 10.2 Å². The Labute approximate surface area is 70.5 Å². The Morgan fingerprint density at radius 3 is 2.42 bits per heavy atom. The van der Waals surface area contributed by atoms with Gasteiger partial charge in [0.1, 0.15) is 18.3 Å². The molecule has 1 rings (SSSR count). The summed E-state index contributed by atoms with van der Waals surface area (Å²) in [5.41, 5.74) is 0. The van der Waals surface area contributed by atoms with Crippen LogP contribution in [0.25, 0.3) is 0 Å². The molecule has 1 unspecified atom stereocenters. The van der Waals surface area contributed by atoms with Gasteiger partial charge in [-0.05, 0) is 6.92 Å². The van der Waals surface area contributed by atoms with Crippen molar-refractivity contribution in [2.75, 3.05) is 13.2 Å². The second-order valence-electron chi connectivity index (χ2n) is 2.66. The fourth-order valence-electron chi connectivity index (χ4n) is 1.17. The molecule has 5 heteroatoms. The van der Waals surface area contributed by atoms with Crippen molar-refractivity contribution in [2.45, 2.75) is 31.5 Å². The molecule has 4 atom stereocenters. The van der Waals surface area contributed by atoms with Gasteiger partial charge in [0.25, 0.3) is 0 Å². The summed E-state index contributed by atoms with van der Waals surface area (Å²) in [5, 5.41) is 27.2. The van der Waals surface area contributed by atoms with Crippen LogP contribution in [0.15, 0.2) is 0 Å². The SMILES string of the molecule is CCOC1O[C@H](CO)[C@H](O)[C@H]1O. The minimum atomic E-state index is -1.07. The topological polar surface area (TPSA) is 79.2 Å². The van der Waals surface area contributed by atoms with Crippen LogP contribution in [-0.2, 0) is 9.47 Å². The van der Waals surface area contributed by atoms with Gasteiger partial charge >= 0.3 is 0 Å². The molecular formula is C7H14O5. The van der Waals surface area contributed by atoms with E-state index in [0.717, 1.165) is 0 Å². The van der Waals surface area contributed by atoms with Gasteiger partial charge in [-0.1, -0.05) is 0 Å². The third-order valence-corrected chi connectivity index (χ3v) is 1.83. The Balaban J connectivity index is 2.48. The van der Waals surface area contributed by atoms with Crippen molar-refractivity contribution in [2.24, 2.45) is 0 Å². The van der Waals surface area contributed by atoms with Crippen LogP contribution in [0, 0.1) is 0 Å². The van der Waals surface area contributed by atoms with Crippen molar-refractivity contribution in [1.29, 1.82) is 0 Å². The third-order valence-electron chi connectivity index (χ3n) is 1.83. The van der Waals surface area contributed by atoms with Crippen molar-refractivity contribution >= 4 is 0 Å². The molecule has 1 aliphatic rings. The van der Waals surface area contributed by atoms with Crippen LogP contribution in [-0.4, -0.2) is 53.1 Å². The highest BCUT2D eigenvalue weighted by atomic mass is 16.7. The average molecular weight is 178 g/mol. The van der Waals surface area contributed by atoms with Gasteiger partial charge in [-0.25, -0.2) is 0 Å². The number of aliphatic hydroxyl groups is 3. The minimum absolute atomic E-state index is 0.318. The zero-order valence-corrected chi connectivity index (χ0v) is 6.88. The molecule has 0 saturated carbocycles. The van der Waals surface area contributed by atoms with E-state index in [1.54, 1.807) is 6.92 Å². The molecule has 0 bridgehead atoms. The Kier molecular flexibility index (Phi) is 3.42. The third kappa shape index (κ3) is 1.75. The van der Waals surface area contributed by atoms with Crippen molar-refractivity contribution in [3.63, 3.8) is 0 Å². The largest absolute Gasteiger partial charge is 0.394 e. The Hall–Kier alpha value is -0.200. The molecule has 12 heavy (non-hydrogen) atoms. The molecule has 1 saturated heterocycles. The summed E-state index contributed by atoms with van der Waals surface area (Å²) in [7, 11) is 0. The number of hydrogen-bond acceptors (Lipinski definition) is 5. The van der Waals surface area contributed by atoms with E-state index in [-0.39, 0.29) is 6.61 Å². The first-order valence-corrected chi connectivity index (χ1v) is 3.94. The van der Waals surface area contributed by atoms with Crippen LogP contribution < -0.4 is 0 Å². The van der Waals surface area contributed by atoms with Crippen LogP contribution in [0.3, 0.4) is 0 Å². The lowest BCUT2D eigenvalue weighted by Crippen LogP contribution is -2.34. The molecule has 1 fully saturated rings. The lowest BCUT2D eigenvalue weighted by atomic mass is 10.1. The van der Waals surface area contributed by atoms with Crippen LogP contribution in [0.2, 0.25) is 0 Å². The summed E-state index contributed by atoms with van der Waals surface area (Å²) < 4.78 is 9.98. The monoisotopic (exact) mass is 178 g/mol. The van der Waals surface area contributed by atoms with Gasteiger partial charge in [0, 0.05) is 6.61 Å². The standard InChI is InChI=1S/C7H14O5/c1-2-11-7-6(10)5(9)4(3-8)12-7/h4-10H,2-3H2,1H3/t4-,5+,6-,7?/m1/s1. The predicted molar refractivity (Wildman–Crippen MR) is 39.4 cm³/mol. The molecule has 72 valence electrons. The predicted octanol–water partition coefficient (Wildman–Crippen LogP) is -1.54. The number of hydrogen-bond donors (Lipinski definition) is 3. The minimum Gasteiger partial charge on any atom is -0.394 e. The molecule has 0 aromatic heterocycles. The van der Waals surface area contributed by atoms with E-state index < -0.39 is 24.6 Å². The Morgan fingerprint density at radius 2 is 2.00 bits per heavy atom. The summed E-state index contributed by atoms with van der Waals surface area (Å²) in [6.45, 7) is 1.84. The zero-order chi connectivity index (χ0) is 9.14. The van der Waals surface area contributed by atoms with Gasteiger partial charge in [0.2, 0.25) is 0 Å². The van der Waals surface area contributed by atoms with Gasteiger partial charge in [-0.15, -0.1) is 0 Å². The normalized spacial score (nSPS) is 42.0. The van der Waals surface area contributed by atoms with Gasteiger partial charge in [0.15, 0.2) is 6.29 Å². The van der Waals surface area contributed by atoms with Crippen molar-refractivity contribution < 1.29 is 24.8 Å². The number of ether oxygens (including phenoxy) is 2. The van der Waals surface area contributed by atoms with Gasteiger partial charge in [-0.3, -0.25) is 0 Å². The maximum atomic E-state index is 9.28. The second kappa shape index (κ2) is 4.15. The molecular weight excluding hydrogens is 164 g/mol. The van der Waals surface area contributed by atoms with Gasteiger partial charge in [-0.2, -0.15) is 0 Å². The fraction of sp³-hybridized carbons (Fsp3) is 1.00. The molecule has 0 radical (unpaired) electrons. The quantitative estimate of drug-likeness (QED) is 0.488. The molecule has 0 amide bonds. The molecule has 1 aliphatic heterocycles. The van der Waals surface area contributed by atoms with E-state index >= 15 is 0 Å². The first-order chi connectivity index (χ1) is 5.70. The van der Waals surface area contributed by atoms with Crippen molar-refractivity contribution in [1.82, 2.24) is 0 Å². The van der Waals surface area contributed by atoms with Crippen molar-refractivity contribution in [3.05, 3.63) is 0 Å². The van der Waals surface area contributed by atoms with E-state index in [0.29, 0.717) is 6.61 Å². The number of rotatable bonds is 3. The molecule has 0 spiro atoms. The fourth-order valence-corrected chi connectivity index (χ4v) is 1.17. The van der Waals surface area contributed by atoms with E-state index in [1.165, 1.54) is 0 Å². The van der Waals surface area contributed by atoms with Crippen LogP contribution in [0.4, 0.5) is 0 Å². The van der Waals surface area contributed by atoms with Gasteiger partial charge in [0.05, 0.1) is 6.61 Å². The maximum absolute atomic E-state index is 9.28. The summed E-state index contributed by atoms with van der Waals surface area (Å²) in [5.74, 6) is 0. The van der Waals surface area contributed by atoms with Crippen LogP contribution in [0.1, 0.15) is 6.92 Å². The smallest absolute Gasteiger partial charge is 0.186 e. The van der Waals surface area contributed by atoms with Crippen LogP contribution >= 0.6 is 0 Å². The van der Waals surface area contributed by atoms with E-state index in [1.807, 2.05) is 0 Å². The average Bonchev–Trinajstić information content (AvgIpc) is 2.33. The molecule has 1 heterocycles. The van der Waals surface area contributed by atoms with Gasteiger partial charge < -0.3 is 24.8 Å². The summed E-state index contributed by atoms with van der Waals surface area (Å²) in [6.07, 6.45) is -3.69. The molecule has 0 aromatic rings. The Morgan fingerprint density at radius 1 is 1.33 bits per heavy atom. The van der Waals surface area contributed by atoms with Crippen LogP contribution in [0.5, 0.6) is 0 Å². The summed E-state index contributed by atoms with van der Waals surface area (Å²) >= 11 is 0.